The van der Waals surface area contributed by atoms with Gasteiger partial charge in [0.25, 0.3) is 0 Å². The van der Waals surface area contributed by atoms with Crippen LogP contribution in [0.2, 0.25) is 0 Å². The van der Waals surface area contributed by atoms with Gasteiger partial charge in [-0.1, -0.05) is 103 Å². The van der Waals surface area contributed by atoms with E-state index in [4.69, 9.17) is 4.99 Å². The standard InChI is InChI=1S/C33H24N4S/c1-3-11-21(12-4-1)31-34-32(22-13-5-2-6-14-22)36-33(35-31)37-26-17-9-7-16-25(26)29-27(37)20-19-24-23-15-8-10-18-28(23)38-30(24)29/h1-20,31,33,35H,(H,34,36). The van der Waals surface area contributed by atoms with Crippen LogP contribution in [0.4, 0.5) is 0 Å². The van der Waals surface area contributed by atoms with E-state index in [9.17, 15) is 0 Å². The Morgan fingerprint density at radius 2 is 1.34 bits per heavy atom. The average Bonchev–Trinajstić information content (AvgIpc) is 3.53. The molecule has 182 valence electrons. The Morgan fingerprint density at radius 1 is 0.632 bits per heavy atom. The second-order valence-electron chi connectivity index (χ2n) is 9.69. The summed E-state index contributed by atoms with van der Waals surface area (Å²) in [7, 11) is 0. The van der Waals surface area contributed by atoms with E-state index in [-0.39, 0.29) is 12.5 Å². The molecule has 0 aliphatic carbocycles. The van der Waals surface area contributed by atoms with Gasteiger partial charge in [0.2, 0.25) is 0 Å². The Hall–Kier alpha value is -4.45. The van der Waals surface area contributed by atoms with Crippen LogP contribution in [-0.2, 0) is 0 Å². The number of aromatic nitrogens is 1. The van der Waals surface area contributed by atoms with Gasteiger partial charge in [-0.05, 0) is 23.8 Å². The second kappa shape index (κ2) is 8.55. The summed E-state index contributed by atoms with van der Waals surface area (Å²) in [5.74, 6) is 0.886. The fourth-order valence-electron chi connectivity index (χ4n) is 5.77. The van der Waals surface area contributed by atoms with E-state index in [0.29, 0.717) is 0 Å². The number of thiophene rings is 1. The van der Waals surface area contributed by atoms with Crippen LogP contribution in [0, 0.1) is 0 Å². The van der Waals surface area contributed by atoms with Gasteiger partial charge < -0.3 is 9.88 Å². The van der Waals surface area contributed by atoms with Gasteiger partial charge in [-0.2, -0.15) is 0 Å². The Morgan fingerprint density at radius 3 is 2.18 bits per heavy atom. The molecule has 5 heteroatoms. The highest BCUT2D eigenvalue weighted by Gasteiger charge is 2.28. The number of nitrogens with zero attached hydrogens (tertiary/aromatic N) is 2. The second-order valence-corrected chi connectivity index (χ2v) is 10.7. The fourth-order valence-corrected chi connectivity index (χ4v) is 7.03. The highest BCUT2D eigenvalue weighted by atomic mass is 32.1. The van der Waals surface area contributed by atoms with E-state index in [0.717, 1.165) is 17.0 Å². The number of benzene rings is 5. The Kier molecular flexibility index (Phi) is 4.87. The minimum atomic E-state index is -0.192. The predicted octanol–water partition coefficient (Wildman–Crippen LogP) is 7.96. The summed E-state index contributed by atoms with van der Waals surface area (Å²) in [5, 5.41) is 12.8. The lowest BCUT2D eigenvalue weighted by molar-refractivity contribution is 0.329. The lowest BCUT2D eigenvalue weighted by Crippen LogP contribution is -2.47. The van der Waals surface area contributed by atoms with Crippen LogP contribution in [0.3, 0.4) is 0 Å². The Labute approximate surface area is 223 Å². The number of aliphatic imine (C=N–C) groups is 1. The maximum absolute atomic E-state index is 5.10. The summed E-state index contributed by atoms with van der Waals surface area (Å²) in [6, 6.07) is 42.9. The van der Waals surface area contributed by atoms with Gasteiger partial charge in [0.1, 0.15) is 12.0 Å². The van der Waals surface area contributed by atoms with Gasteiger partial charge in [-0.3, -0.25) is 5.32 Å². The first-order valence-electron chi connectivity index (χ1n) is 12.9. The van der Waals surface area contributed by atoms with Crippen molar-refractivity contribution < 1.29 is 0 Å². The van der Waals surface area contributed by atoms with Crippen LogP contribution >= 0.6 is 11.3 Å². The molecule has 4 nitrogen and oxygen atoms in total. The third-order valence-corrected chi connectivity index (χ3v) is 8.69. The summed E-state index contributed by atoms with van der Waals surface area (Å²) in [4.78, 5) is 5.10. The third-order valence-electron chi connectivity index (χ3n) is 7.49. The van der Waals surface area contributed by atoms with Crippen molar-refractivity contribution in [1.29, 1.82) is 0 Å². The molecule has 2 N–H and O–H groups in total. The van der Waals surface area contributed by atoms with Gasteiger partial charge in [0, 0.05) is 36.5 Å². The first-order valence-corrected chi connectivity index (χ1v) is 13.7. The first-order chi connectivity index (χ1) is 18.8. The fraction of sp³-hybridized carbons (Fsp3) is 0.0606. The smallest absolute Gasteiger partial charge is 0.162 e. The normalized spacial score (nSPS) is 17.7. The molecule has 0 bridgehead atoms. The van der Waals surface area contributed by atoms with Gasteiger partial charge in [0.15, 0.2) is 6.29 Å². The molecule has 2 unspecified atom stereocenters. The predicted molar refractivity (Wildman–Crippen MR) is 160 cm³/mol. The molecule has 0 radical (unpaired) electrons. The van der Waals surface area contributed by atoms with Gasteiger partial charge >= 0.3 is 0 Å². The molecule has 1 aliphatic rings. The van der Waals surface area contributed by atoms with Gasteiger partial charge in [-0.25, -0.2) is 4.99 Å². The largest absolute Gasteiger partial charge is 0.337 e. The molecular weight excluding hydrogens is 484 g/mol. The van der Waals surface area contributed by atoms with Crippen LogP contribution in [0.5, 0.6) is 0 Å². The molecule has 1 aliphatic heterocycles. The number of fused-ring (bicyclic) bond motifs is 7. The van der Waals surface area contributed by atoms with Crippen LogP contribution in [0.25, 0.3) is 42.0 Å². The lowest BCUT2D eigenvalue weighted by atomic mass is 10.1. The monoisotopic (exact) mass is 508 g/mol. The lowest BCUT2D eigenvalue weighted by Gasteiger charge is -2.33. The zero-order chi connectivity index (χ0) is 25.1. The number of hydrogen-bond acceptors (Lipinski definition) is 4. The maximum Gasteiger partial charge on any atom is 0.162 e. The number of para-hydroxylation sites is 1. The molecule has 0 spiro atoms. The summed E-state index contributed by atoms with van der Waals surface area (Å²) >= 11 is 1.88. The van der Waals surface area contributed by atoms with E-state index in [1.807, 2.05) is 23.5 Å². The minimum Gasteiger partial charge on any atom is -0.337 e. The quantitative estimate of drug-likeness (QED) is 0.254. The van der Waals surface area contributed by atoms with E-state index < -0.39 is 0 Å². The third kappa shape index (κ3) is 3.29. The Bertz CT molecular complexity index is 1990. The number of amidine groups is 1. The van der Waals surface area contributed by atoms with Crippen molar-refractivity contribution >= 4 is 59.2 Å². The van der Waals surface area contributed by atoms with Crippen LogP contribution in [0.15, 0.2) is 126 Å². The molecule has 2 aromatic heterocycles. The molecule has 5 aromatic carbocycles. The van der Waals surface area contributed by atoms with Crippen molar-refractivity contribution in [3.8, 4) is 0 Å². The van der Waals surface area contributed by atoms with Gasteiger partial charge in [-0.15, -0.1) is 11.3 Å². The van der Waals surface area contributed by atoms with Crippen LogP contribution < -0.4 is 10.6 Å². The van der Waals surface area contributed by atoms with Gasteiger partial charge in [0.05, 0.1) is 11.0 Å². The highest BCUT2D eigenvalue weighted by molar-refractivity contribution is 7.26. The van der Waals surface area contributed by atoms with E-state index >= 15 is 0 Å². The summed E-state index contributed by atoms with van der Waals surface area (Å²) in [5.41, 5.74) is 4.61. The zero-order valence-electron chi connectivity index (χ0n) is 20.5. The molecule has 7 aromatic rings. The molecule has 3 heterocycles. The van der Waals surface area contributed by atoms with Crippen LogP contribution in [-0.4, -0.2) is 10.4 Å². The van der Waals surface area contributed by atoms with E-state index in [1.165, 1.54) is 42.0 Å². The maximum atomic E-state index is 5.10. The molecule has 38 heavy (non-hydrogen) atoms. The van der Waals surface area contributed by atoms with Crippen molar-refractivity contribution in [2.24, 2.45) is 4.99 Å². The molecule has 0 fully saturated rings. The number of nitrogens with one attached hydrogen (secondary N) is 2. The summed E-state index contributed by atoms with van der Waals surface area (Å²) < 4.78 is 5.07. The molecular formula is C33H24N4S. The number of rotatable bonds is 3. The van der Waals surface area contributed by atoms with Crippen molar-refractivity contribution in [2.75, 3.05) is 0 Å². The first kappa shape index (κ1) is 21.6. The number of hydrogen-bond donors (Lipinski definition) is 2. The Balaban J connectivity index is 1.37. The minimum absolute atomic E-state index is 0.179. The van der Waals surface area contributed by atoms with Crippen molar-refractivity contribution in [1.82, 2.24) is 15.2 Å². The zero-order valence-corrected chi connectivity index (χ0v) is 21.3. The molecule has 0 saturated heterocycles. The van der Waals surface area contributed by atoms with Crippen LogP contribution in [0.1, 0.15) is 23.6 Å². The summed E-state index contributed by atoms with van der Waals surface area (Å²) in [6.45, 7) is 0. The topological polar surface area (TPSA) is 41.4 Å². The van der Waals surface area contributed by atoms with Crippen molar-refractivity contribution in [3.63, 3.8) is 0 Å². The van der Waals surface area contributed by atoms with E-state index in [2.05, 4.69) is 124 Å². The summed E-state index contributed by atoms with van der Waals surface area (Å²) in [6.07, 6.45) is -0.371. The van der Waals surface area contributed by atoms with Crippen molar-refractivity contribution in [2.45, 2.75) is 12.5 Å². The molecule has 8 rings (SSSR count). The SMILES string of the molecule is c1ccc(C2=NC(c3ccccc3)NC(n3c4ccccc4c4c5sc6ccccc6c5ccc43)N2)cc1. The average molecular weight is 509 g/mol. The molecule has 2 atom stereocenters. The van der Waals surface area contributed by atoms with Crippen molar-refractivity contribution in [3.05, 3.63) is 132 Å². The van der Waals surface area contributed by atoms with E-state index in [1.54, 1.807) is 0 Å². The highest BCUT2D eigenvalue weighted by Crippen LogP contribution is 2.43. The molecule has 0 amide bonds. The molecule has 0 saturated carbocycles.